The molecule has 5 aromatic rings. The van der Waals surface area contributed by atoms with Crippen molar-refractivity contribution < 1.29 is 23.8 Å². The van der Waals surface area contributed by atoms with Gasteiger partial charge in [-0.25, -0.2) is 9.59 Å². The number of hydrogen-bond acceptors (Lipinski definition) is 6. The molecule has 1 aliphatic rings. The van der Waals surface area contributed by atoms with E-state index in [1.807, 2.05) is 115 Å². The predicted octanol–water partition coefficient (Wildman–Crippen LogP) is 8.10. The van der Waals surface area contributed by atoms with E-state index < -0.39 is 18.0 Å². The van der Waals surface area contributed by atoms with Gasteiger partial charge in [0, 0.05) is 5.75 Å². The van der Waals surface area contributed by atoms with Crippen LogP contribution in [0, 0.1) is 0 Å². The molecule has 0 radical (unpaired) electrons. The lowest BCUT2D eigenvalue weighted by molar-refractivity contribution is -0.0484. The van der Waals surface area contributed by atoms with E-state index in [9.17, 15) is 9.59 Å². The van der Waals surface area contributed by atoms with Gasteiger partial charge in [0.1, 0.15) is 18.8 Å². The van der Waals surface area contributed by atoms with Crippen LogP contribution in [0.2, 0.25) is 0 Å². The van der Waals surface area contributed by atoms with Gasteiger partial charge in [0.15, 0.2) is 0 Å². The van der Waals surface area contributed by atoms with Crippen LogP contribution >= 0.6 is 11.8 Å². The van der Waals surface area contributed by atoms with Gasteiger partial charge in [-0.3, -0.25) is 0 Å². The monoisotopic (exact) mass is 600 g/mol. The summed E-state index contributed by atoms with van der Waals surface area (Å²) >= 11 is 1.59. The fourth-order valence-corrected chi connectivity index (χ4v) is 6.46. The third-order valence-corrected chi connectivity index (χ3v) is 8.95. The molecule has 3 atom stereocenters. The maximum atomic E-state index is 13.3. The summed E-state index contributed by atoms with van der Waals surface area (Å²) in [6.45, 7) is 0.492. The average Bonchev–Trinajstić information content (AvgIpc) is 3.48. The minimum absolute atomic E-state index is 0.0972. The van der Waals surface area contributed by atoms with E-state index in [1.54, 1.807) is 36.0 Å². The number of thioether (sulfide) groups is 1. The molecule has 1 aliphatic heterocycles. The van der Waals surface area contributed by atoms with Gasteiger partial charge >= 0.3 is 11.9 Å². The van der Waals surface area contributed by atoms with E-state index in [2.05, 4.69) is 0 Å². The molecule has 1 heterocycles. The Hall–Kier alpha value is -4.65. The highest BCUT2D eigenvalue weighted by atomic mass is 32.2. The van der Waals surface area contributed by atoms with Crippen LogP contribution in [0.3, 0.4) is 0 Å². The molecule has 6 heteroatoms. The third kappa shape index (κ3) is 7.28. The summed E-state index contributed by atoms with van der Waals surface area (Å²) in [7, 11) is 0. The van der Waals surface area contributed by atoms with Crippen molar-refractivity contribution in [3.63, 3.8) is 0 Å². The Balaban J connectivity index is 1.12. The fraction of sp³-hybridized carbons (Fsp3) is 0.158. The van der Waals surface area contributed by atoms with Gasteiger partial charge in [0.05, 0.1) is 23.0 Å². The summed E-state index contributed by atoms with van der Waals surface area (Å²) in [6, 6.07) is 44.6. The van der Waals surface area contributed by atoms with E-state index in [-0.39, 0.29) is 18.0 Å². The molecule has 1 saturated heterocycles. The highest BCUT2D eigenvalue weighted by Gasteiger charge is 2.41. The number of esters is 2. The van der Waals surface area contributed by atoms with E-state index >= 15 is 0 Å². The first-order chi connectivity index (χ1) is 21.6. The van der Waals surface area contributed by atoms with Crippen molar-refractivity contribution in [3.8, 4) is 22.3 Å². The van der Waals surface area contributed by atoms with Crippen molar-refractivity contribution in [1.29, 1.82) is 0 Å². The maximum Gasteiger partial charge on any atom is 0.338 e. The first-order valence-corrected chi connectivity index (χ1v) is 15.6. The minimum atomic E-state index is -0.585. The van der Waals surface area contributed by atoms with Gasteiger partial charge in [0.25, 0.3) is 0 Å². The van der Waals surface area contributed by atoms with Crippen LogP contribution < -0.4 is 0 Å². The summed E-state index contributed by atoms with van der Waals surface area (Å²) in [5, 5.41) is -0.268. The van der Waals surface area contributed by atoms with Crippen LogP contribution in [0.1, 0.15) is 26.3 Å². The summed E-state index contributed by atoms with van der Waals surface area (Å²) in [4.78, 5) is 26.3. The average molecular weight is 601 g/mol. The lowest BCUT2D eigenvalue weighted by Gasteiger charge is -2.24. The summed E-state index contributed by atoms with van der Waals surface area (Å²) < 4.78 is 18.1. The van der Waals surface area contributed by atoms with E-state index in [1.165, 1.54) is 0 Å². The van der Waals surface area contributed by atoms with Gasteiger partial charge in [-0.2, -0.15) is 0 Å². The maximum absolute atomic E-state index is 13.3. The van der Waals surface area contributed by atoms with Crippen LogP contribution in [0.5, 0.6) is 0 Å². The Bertz CT molecular complexity index is 1660. The van der Waals surface area contributed by atoms with Crippen LogP contribution in [0.15, 0.2) is 140 Å². The molecule has 0 amide bonds. The number of ether oxygens (including phenoxy) is 3. The Morgan fingerprint density at radius 1 is 0.591 bits per heavy atom. The number of rotatable bonds is 10. The summed E-state index contributed by atoms with van der Waals surface area (Å²) in [5.74, 6) is -0.232. The molecule has 220 valence electrons. The van der Waals surface area contributed by atoms with Crippen molar-refractivity contribution in [3.05, 3.63) is 156 Å². The first kappa shape index (κ1) is 29.4. The molecule has 0 bridgehead atoms. The molecule has 0 unspecified atom stereocenters. The molecule has 6 rings (SSSR count). The number of hydrogen-bond donors (Lipinski definition) is 0. The normalized spacial score (nSPS) is 17.6. The molecule has 0 aromatic heterocycles. The lowest BCUT2D eigenvalue weighted by atomic mass is 10.0. The second kappa shape index (κ2) is 14.2. The van der Waals surface area contributed by atoms with Crippen molar-refractivity contribution in [2.75, 3.05) is 12.4 Å². The standard InChI is InChI=1S/C38H32O5S/c39-37(32-20-16-30(17-21-32)28-12-6-2-7-13-28)42-25-35-36(34(26-44-35)41-24-27-10-4-1-5-11-27)43-38(40)33-22-18-31(19-23-33)29-14-8-3-9-15-29/h1-23,34-36H,24-26H2/t34-,35+,36+/m0/s1. The van der Waals surface area contributed by atoms with Gasteiger partial charge in [-0.15, -0.1) is 11.8 Å². The molecule has 0 saturated carbocycles. The van der Waals surface area contributed by atoms with Crippen molar-refractivity contribution >= 4 is 23.7 Å². The van der Waals surface area contributed by atoms with Crippen LogP contribution in [0.25, 0.3) is 22.3 Å². The van der Waals surface area contributed by atoms with Crippen LogP contribution in [0.4, 0.5) is 0 Å². The second-order valence-electron chi connectivity index (χ2n) is 10.6. The third-order valence-electron chi connectivity index (χ3n) is 7.59. The van der Waals surface area contributed by atoms with Crippen molar-refractivity contribution in [1.82, 2.24) is 0 Å². The highest BCUT2D eigenvalue weighted by molar-refractivity contribution is 8.00. The van der Waals surface area contributed by atoms with E-state index in [0.29, 0.717) is 23.5 Å². The number of benzene rings is 5. The Morgan fingerprint density at radius 2 is 1.07 bits per heavy atom. The summed E-state index contributed by atoms with van der Waals surface area (Å²) in [6.07, 6.45) is -0.931. The van der Waals surface area contributed by atoms with Crippen LogP contribution in [-0.2, 0) is 20.8 Å². The molecular weight excluding hydrogens is 568 g/mol. The molecule has 5 nitrogen and oxygen atoms in total. The number of carbonyl (C=O) groups is 2. The molecule has 0 spiro atoms. The molecule has 5 aromatic carbocycles. The van der Waals surface area contributed by atoms with Crippen molar-refractivity contribution in [2.45, 2.75) is 24.1 Å². The SMILES string of the molecule is O=C(OC[C@H]1SC[C@H](OCc2ccccc2)[C@H]1OC(=O)c1ccc(-c2ccccc2)cc1)c1ccc(-c2ccccc2)cc1. The van der Waals surface area contributed by atoms with Gasteiger partial charge in [-0.05, 0) is 52.1 Å². The molecular formula is C38H32O5S. The minimum Gasteiger partial charge on any atom is -0.461 e. The van der Waals surface area contributed by atoms with Gasteiger partial charge in [-0.1, -0.05) is 115 Å². The smallest absolute Gasteiger partial charge is 0.338 e. The Morgan fingerprint density at radius 3 is 1.61 bits per heavy atom. The molecule has 0 aliphatic carbocycles. The van der Waals surface area contributed by atoms with Gasteiger partial charge in [0.2, 0.25) is 0 Å². The second-order valence-corrected chi connectivity index (χ2v) is 11.8. The Labute approximate surface area is 261 Å². The lowest BCUT2D eigenvalue weighted by Crippen LogP contribution is -2.38. The predicted molar refractivity (Wildman–Crippen MR) is 175 cm³/mol. The van der Waals surface area contributed by atoms with Crippen LogP contribution in [-0.4, -0.2) is 41.8 Å². The number of carbonyl (C=O) groups excluding carboxylic acids is 2. The largest absolute Gasteiger partial charge is 0.461 e. The van der Waals surface area contributed by atoms with Gasteiger partial charge < -0.3 is 14.2 Å². The zero-order chi connectivity index (χ0) is 30.1. The zero-order valence-corrected chi connectivity index (χ0v) is 24.9. The van der Waals surface area contributed by atoms with Crippen molar-refractivity contribution in [2.24, 2.45) is 0 Å². The molecule has 1 fully saturated rings. The molecule has 44 heavy (non-hydrogen) atoms. The topological polar surface area (TPSA) is 61.8 Å². The van der Waals surface area contributed by atoms with E-state index in [0.717, 1.165) is 27.8 Å². The highest BCUT2D eigenvalue weighted by Crippen LogP contribution is 2.33. The fourth-order valence-electron chi connectivity index (χ4n) is 5.15. The first-order valence-electron chi connectivity index (χ1n) is 14.6. The zero-order valence-electron chi connectivity index (χ0n) is 24.1. The summed E-state index contributed by atoms with van der Waals surface area (Å²) in [5.41, 5.74) is 6.16. The Kier molecular flexibility index (Phi) is 9.51. The molecule has 0 N–H and O–H groups in total. The quantitative estimate of drug-likeness (QED) is 0.151. The van der Waals surface area contributed by atoms with E-state index in [4.69, 9.17) is 14.2 Å².